The van der Waals surface area contributed by atoms with Gasteiger partial charge in [-0.15, -0.1) is 0 Å². The Balaban J connectivity index is 3.02. The van der Waals surface area contributed by atoms with Crippen LogP contribution in [0.4, 0.5) is 0 Å². The minimum Gasteiger partial charge on any atom is -0.343 e. The van der Waals surface area contributed by atoms with Crippen LogP contribution in [0.2, 0.25) is 0 Å². The maximum Gasteiger partial charge on any atom is 0.230 e. The molecule has 2 nitrogen and oxygen atoms in total. The molecular weight excluding hydrogens is 290 g/mol. The lowest BCUT2D eigenvalue weighted by atomic mass is 9.87. The number of benzene rings is 1. The highest BCUT2D eigenvalue weighted by molar-refractivity contribution is 9.10. The fourth-order valence-corrected chi connectivity index (χ4v) is 2.48. The van der Waals surface area contributed by atoms with E-state index in [-0.39, 0.29) is 11.8 Å². The SMILES string of the molecule is CCN(CC)C(=O)C(c1ccc(Br)cc1)C(C)C. The summed E-state index contributed by atoms with van der Waals surface area (Å²) in [6.45, 7) is 9.81. The summed E-state index contributed by atoms with van der Waals surface area (Å²) in [4.78, 5) is 14.5. The van der Waals surface area contributed by atoms with Crippen LogP contribution in [0.25, 0.3) is 0 Å². The molecule has 1 aromatic rings. The minimum atomic E-state index is -0.0435. The summed E-state index contributed by atoms with van der Waals surface area (Å²) in [7, 11) is 0. The van der Waals surface area contributed by atoms with Gasteiger partial charge < -0.3 is 4.90 Å². The molecule has 0 saturated heterocycles. The van der Waals surface area contributed by atoms with E-state index in [9.17, 15) is 4.79 Å². The number of halogens is 1. The van der Waals surface area contributed by atoms with E-state index in [0.29, 0.717) is 5.92 Å². The highest BCUT2D eigenvalue weighted by atomic mass is 79.9. The Bertz CT molecular complexity index is 382. The van der Waals surface area contributed by atoms with Crippen molar-refractivity contribution in [2.45, 2.75) is 33.6 Å². The Hall–Kier alpha value is -0.830. The monoisotopic (exact) mass is 311 g/mol. The molecule has 1 unspecified atom stereocenters. The van der Waals surface area contributed by atoms with E-state index < -0.39 is 0 Å². The van der Waals surface area contributed by atoms with Gasteiger partial charge in [0.1, 0.15) is 0 Å². The average molecular weight is 312 g/mol. The molecule has 1 amide bonds. The van der Waals surface area contributed by atoms with Crippen molar-refractivity contribution in [3.05, 3.63) is 34.3 Å². The van der Waals surface area contributed by atoms with Gasteiger partial charge in [-0.25, -0.2) is 0 Å². The second-order valence-electron chi connectivity index (χ2n) is 4.78. The molecule has 1 aromatic carbocycles. The van der Waals surface area contributed by atoms with Gasteiger partial charge in [0.25, 0.3) is 0 Å². The van der Waals surface area contributed by atoms with Crippen molar-refractivity contribution in [2.75, 3.05) is 13.1 Å². The average Bonchev–Trinajstić information content (AvgIpc) is 2.33. The van der Waals surface area contributed by atoms with Gasteiger partial charge in [-0.2, -0.15) is 0 Å². The molecule has 0 aliphatic heterocycles. The highest BCUT2D eigenvalue weighted by Gasteiger charge is 2.27. The van der Waals surface area contributed by atoms with Crippen LogP contribution in [0.15, 0.2) is 28.7 Å². The maximum absolute atomic E-state index is 12.5. The second-order valence-corrected chi connectivity index (χ2v) is 5.70. The Kier molecular flexibility index (Phi) is 5.86. The first-order valence-electron chi connectivity index (χ1n) is 6.55. The van der Waals surface area contributed by atoms with E-state index in [4.69, 9.17) is 0 Å². The van der Waals surface area contributed by atoms with Crippen molar-refractivity contribution in [1.29, 1.82) is 0 Å². The van der Waals surface area contributed by atoms with Gasteiger partial charge in [0.2, 0.25) is 5.91 Å². The predicted octanol–water partition coefficient (Wildman–Crippen LogP) is 4.06. The highest BCUT2D eigenvalue weighted by Crippen LogP contribution is 2.27. The third-order valence-corrected chi connectivity index (χ3v) is 3.77. The molecule has 100 valence electrons. The summed E-state index contributed by atoms with van der Waals surface area (Å²) in [5.41, 5.74) is 1.10. The Morgan fingerprint density at radius 2 is 1.67 bits per heavy atom. The first kappa shape index (κ1) is 15.2. The number of carbonyl (C=O) groups is 1. The van der Waals surface area contributed by atoms with Crippen LogP contribution in [-0.2, 0) is 4.79 Å². The van der Waals surface area contributed by atoms with E-state index in [1.54, 1.807) is 0 Å². The zero-order valence-electron chi connectivity index (χ0n) is 11.6. The lowest BCUT2D eigenvalue weighted by Crippen LogP contribution is -2.36. The largest absolute Gasteiger partial charge is 0.343 e. The molecule has 3 heteroatoms. The van der Waals surface area contributed by atoms with E-state index in [1.165, 1.54) is 0 Å². The zero-order chi connectivity index (χ0) is 13.7. The molecule has 0 bridgehead atoms. The van der Waals surface area contributed by atoms with Gasteiger partial charge in [0.15, 0.2) is 0 Å². The number of hydrogen-bond acceptors (Lipinski definition) is 1. The topological polar surface area (TPSA) is 20.3 Å². The summed E-state index contributed by atoms with van der Waals surface area (Å²) in [5.74, 6) is 0.495. The van der Waals surface area contributed by atoms with Crippen molar-refractivity contribution in [3.63, 3.8) is 0 Å². The van der Waals surface area contributed by atoms with Crippen LogP contribution in [0.3, 0.4) is 0 Å². The van der Waals surface area contributed by atoms with Crippen LogP contribution < -0.4 is 0 Å². The minimum absolute atomic E-state index is 0.0435. The van der Waals surface area contributed by atoms with Gasteiger partial charge in [0, 0.05) is 17.6 Å². The van der Waals surface area contributed by atoms with E-state index in [1.807, 2.05) is 43.0 Å². The summed E-state index contributed by atoms with van der Waals surface area (Å²) in [6, 6.07) is 8.08. The molecule has 0 aliphatic carbocycles. The van der Waals surface area contributed by atoms with E-state index >= 15 is 0 Å². The first-order chi connectivity index (χ1) is 8.51. The molecule has 18 heavy (non-hydrogen) atoms. The zero-order valence-corrected chi connectivity index (χ0v) is 13.2. The predicted molar refractivity (Wildman–Crippen MR) is 79.6 cm³/mol. The lowest BCUT2D eigenvalue weighted by Gasteiger charge is -2.28. The summed E-state index contributed by atoms with van der Waals surface area (Å²) in [6.07, 6.45) is 0. The number of amides is 1. The Morgan fingerprint density at radius 3 is 2.06 bits per heavy atom. The summed E-state index contributed by atoms with van der Waals surface area (Å²) < 4.78 is 1.05. The maximum atomic E-state index is 12.5. The van der Waals surface area contributed by atoms with Crippen molar-refractivity contribution in [3.8, 4) is 0 Å². The third-order valence-electron chi connectivity index (χ3n) is 3.24. The number of hydrogen-bond donors (Lipinski definition) is 0. The molecule has 0 N–H and O–H groups in total. The molecule has 0 fully saturated rings. The Morgan fingerprint density at radius 1 is 1.17 bits per heavy atom. The number of likely N-dealkylation sites (N-methyl/N-ethyl adjacent to an activating group) is 1. The molecule has 0 aromatic heterocycles. The molecular formula is C15H22BrNO. The van der Waals surface area contributed by atoms with Crippen molar-refractivity contribution >= 4 is 21.8 Å². The summed E-state index contributed by atoms with van der Waals surface area (Å²) >= 11 is 3.43. The van der Waals surface area contributed by atoms with Crippen molar-refractivity contribution < 1.29 is 4.79 Å². The standard InChI is InChI=1S/C15H22BrNO/c1-5-17(6-2)15(18)14(11(3)4)12-7-9-13(16)10-8-12/h7-11,14H,5-6H2,1-4H3. The quantitative estimate of drug-likeness (QED) is 0.803. The fraction of sp³-hybridized carbons (Fsp3) is 0.533. The van der Waals surface area contributed by atoms with Crippen LogP contribution in [0.1, 0.15) is 39.2 Å². The fourth-order valence-electron chi connectivity index (χ4n) is 2.21. The third kappa shape index (κ3) is 3.58. The molecule has 0 heterocycles. The molecule has 1 atom stereocenters. The Labute approximate surface area is 119 Å². The van der Waals surface area contributed by atoms with Gasteiger partial charge in [-0.3, -0.25) is 4.79 Å². The van der Waals surface area contributed by atoms with Crippen molar-refractivity contribution in [2.24, 2.45) is 5.92 Å². The lowest BCUT2D eigenvalue weighted by molar-refractivity contribution is -0.133. The van der Waals surface area contributed by atoms with Gasteiger partial charge in [-0.1, -0.05) is 41.9 Å². The normalized spacial score (nSPS) is 12.6. The molecule has 0 spiro atoms. The smallest absolute Gasteiger partial charge is 0.230 e. The molecule has 0 radical (unpaired) electrons. The van der Waals surface area contributed by atoms with E-state index in [2.05, 4.69) is 29.8 Å². The van der Waals surface area contributed by atoms with Gasteiger partial charge >= 0.3 is 0 Å². The first-order valence-corrected chi connectivity index (χ1v) is 7.34. The van der Waals surface area contributed by atoms with Crippen molar-refractivity contribution in [1.82, 2.24) is 4.90 Å². The summed E-state index contributed by atoms with van der Waals surface area (Å²) in [5, 5.41) is 0. The van der Waals surface area contributed by atoms with Crippen LogP contribution in [0.5, 0.6) is 0 Å². The number of carbonyl (C=O) groups excluding carboxylic acids is 1. The molecule has 0 aliphatic rings. The molecule has 0 saturated carbocycles. The van der Waals surface area contributed by atoms with Gasteiger partial charge in [0.05, 0.1) is 5.92 Å². The van der Waals surface area contributed by atoms with Crippen LogP contribution in [0, 0.1) is 5.92 Å². The van der Waals surface area contributed by atoms with Gasteiger partial charge in [-0.05, 0) is 37.5 Å². The van der Waals surface area contributed by atoms with Crippen LogP contribution >= 0.6 is 15.9 Å². The van der Waals surface area contributed by atoms with E-state index in [0.717, 1.165) is 23.1 Å². The number of rotatable bonds is 5. The van der Waals surface area contributed by atoms with Crippen LogP contribution in [-0.4, -0.2) is 23.9 Å². The second kappa shape index (κ2) is 6.93. The molecule has 1 rings (SSSR count). The number of nitrogens with zero attached hydrogens (tertiary/aromatic N) is 1.